The summed E-state index contributed by atoms with van der Waals surface area (Å²) in [7, 11) is 0. The van der Waals surface area contributed by atoms with Gasteiger partial charge in [-0.2, -0.15) is 4.98 Å². The molecule has 5 N–H and O–H groups in total. The van der Waals surface area contributed by atoms with Gasteiger partial charge in [0.05, 0.1) is 5.57 Å². The van der Waals surface area contributed by atoms with E-state index in [4.69, 9.17) is 26.7 Å². The Balaban J connectivity index is 1.67. The fourth-order valence-electron chi connectivity index (χ4n) is 4.25. The highest BCUT2D eigenvalue weighted by molar-refractivity contribution is 6.31. The van der Waals surface area contributed by atoms with Crippen molar-refractivity contribution in [3.05, 3.63) is 80.9 Å². The minimum Gasteiger partial charge on any atom is -0.423 e. The first kappa shape index (κ1) is 27.8. The molecule has 0 radical (unpaired) electrons. The molecule has 0 fully saturated rings. The quantitative estimate of drug-likeness (QED) is 0.294. The summed E-state index contributed by atoms with van der Waals surface area (Å²) in [5.41, 5.74) is 10.3. The van der Waals surface area contributed by atoms with Crippen molar-refractivity contribution in [2.75, 3.05) is 18.4 Å². The molecule has 11 heteroatoms. The number of nitrogens with zero attached hydrogens (tertiary/aromatic N) is 3. The number of aryl methyl sites for hydroxylation is 2. The van der Waals surface area contributed by atoms with E-state index < -0.39 is 6.04 Å². The van der Waals surface area contributed by atoms with Crippen LogP contribution >= 0.6 is 11.6 Å². The summed E-state index contributed by atoms with van der Waals surface area (Å²) in [5.74, 6) is -0.384. The Hall–Kier alpha value is -4.18. The molecule has 0 aliphatic carbocycles. The number of nitrogens with one attached hydrogen (secondary N) is 3. The van der Waals surface area contributed by atoms with Gasteiger partial charge in [0.2, 0.25) is 5.96 Å². The van der Waals surface area contributed by atoms with Crippen molar-refractivity contribution in [2.24, 2.45) is 15.7 Å². The molecule has 39 heavy (non-hydrogen) atoms. The van der Waals surface area contributed by atoms with E-state index in [0.717, 1.165) is 5.56 Å². The van der Waals surface area contributed by atoms with Crippen LogP contribution in [0, 0.1) is 12.7 Å². The van der Waals surface area contributed by atoms with E-state index in [0.29, 0.717) is 63.0 Å². The second-order valence-electron chi connectivity index (χ2n) is 8.99. The summed E-state index contributed by atoms with van der Waals surface area (Å²) < 4.78 is 20.1. The first-order valence-electron chi connectivity index (χ1n) is 12.6. The van der Waals surface area contributed by atoms with Crippen LogP contribution in [0.15, 0.2) is 67.8 Å². The highest BCUT2D eigenvalue weighted by Gasteiger charge is 2.31. The molecule has 1 aliphatic heterocycles. The van der Waals surface area contributed by atoms with Crippen LogP contribution in [0.5, 0.6) is 0 Å². The van der Waals surface area contributed by atoms with Crippen LogP contribution in [0.4, 0.5) is 10.4 Å². The third-order valence-corrected chi connectivity index (χ3v) is 6.55. The summed E-state index contributed by atoms with van der Waals surface area (Å²) in [6.07, 6.45) is 3.49. The average molecular weight is 552 g/mol. The molecule has 204 valence electrons. The van der Waals surface area contributed by atoms with Gasteiger partial charge in [0, 0.05) is 52.9 Å². The number of benzene rings is 2. The van der Waals surface area contributed by atoms with Gasteiger partial charge in [0.15, 0.2) is 5.58 Å². The summed E-state index contributed by atoms with van der Waals surface area (Å²) >= 11 is 6.62. The number of allylic oxidation sites excluding steroid dienone is 1. The number of carbonyl (C=O) groups excluding carboxylic acids is 1. The normalized spacial score (nSPS) is 16.0. The number of rotatable bonds is 8. The fraction of sp³-hybridized carbons (Fsp3) is 0.286. The first-order chi connectivity index (χ1) is 18.7. The van der Waals surface area contributed by atoms with Gasteiger partial charge in [-0.05, 0) is 51.0 Å². The number of fused-ring (bicyclic) bond motifs is 1. The number of aliphatic imine (C=N–C) groups is 2. The standard InChI is InChI=1S/C28H31ClFN7O2/c1-5-18-21(30)9-10-22-25(18)39-28(35-22)37-27-34-16(4)23(26(38)33-14-17(12-31)13-32-6-2)24(36-27)19-8-7-15(3)11-20(19)29/h7-13,24H,5-6,14,31H2,1-4H3,(H,33,38)(H2,34,35,36,37). The molecule has 0 saturated carbocycles. The molecule has 1 unspecified atom stereocenters. The number of carbonyl (C=O) groups is 1. The Kier molecular flexibility index (Phi) is 8.65. The molecule has 0 bridgehead atoms. The van der Waals surface area contributed by atoms with Crippen molar-refractivity contribution >= 4 is 46.8 Å². The van der Waals surface area contributed by atoms with E-state index in [1.807, 2.05) is 39.0 Å². The van der Waals surface area contributed by atoms with Crippen LogP contribution in [-0.2, 0) is 11.2 Å². The number of anilines is 1. The largest absolute Gasteiger partial charge is 0.423 e. The lowest BCUT2D eigenvalue weighted by molar-refractivity contribution is -0.117. The maximum atomic E-state index is 14.2. The number of aromatic nitrogens is 1. The molecular formula is C28H31ClFN7O2. The predicted octanol–water partition coefficient (Wildman–Crippen LogP) is 4.93. The number of hydrogen-bond acceptors (Lipinski definition) is 8. The zero-order valence-electron chi connectivity index (χ0n) is 22.2. The summed E-state index contributed by atoms with van der Waals surface area (Å²) in [6.45, 7) is 8.26. The van der Waals surface area contributed by atoms with Crippen molar-refractivity contribution in [3.63, 3.8) is 0 Å². The van der Waals surface area contributed by atoms with Gasteiger partial charge < -0.3 is 20.8 Å². The molecule has 1 aromatic heterocycles. The number of hydrogen-bond donors (Lipinski definition) is 4. The molecule has 9 nitrogen and oxygen atoms in total. The highest BCUT2D eigenvalue weighted by atomic mass is 35.5. The maximum absolute atomic E-state index is 14.2. The summed E-state index contributed by atoms with van der Waals surface area (Å²) in [6, 6.07) is 7.93. The molecule has 3 aromatic rings. The lowest BCUT2D eigenvalue weighted by atomic mass is 9.95. The smallest absolute Gasteiger partial charge is 0.302 e. The maximum Gasteiger partial charge on any atom is 0.302 e. The second-order valence-corrected chi connectivity index (χ2v) is 9.40. The SMILES string of the molecule is CCN=CC(=CN)CNC(=O)C1=C(C)NC(Nc2nc3ccc(F)c(CC)c3o2)=NC1c1ccc(C)cc1Cl. The van der Waals surface area contributed by atoms with E-state index in [-0.39, 0.29) is 24.3 Å². The molecular weight excluding hydrogens is 521 g/mol. The minimum absolute atomic E-state index is 0.138. The third kappa shape index (κ3) is 6.12. The third-order valence-electron chi connectivity index (χ3n) is 6.23. The van der Waals surface area contributed by atoms with Crippen molar-refractivity contribution < 1.29 is 13.6 Å². The summed E-state index contributed by atoms with van der Waals surface area (Å²) in [5, 5.41) is 9.53. The van der Waals surface area contributed by atoms with Crippen LogP contribution in [-0.4, -0.2) is 36.2 Å². The first-order valence-corrected chi connectivity index (χ1v) is 13.0. The number of amides is 1. The zero-order valence-corrected chi connectivity index (χ0v) is 23.0. The lowest BCUT2D eigenvalue weighted by Crippen LogP contribution is -2.39. The molecule has 0 spiro atoms. The monoisotopic (exact) mass is 551 g/mol. The van der Waals surface area contributed by atoms with Crippen molar-refractivity contribution in [1.29, 1.82) is 0 Å². The predicted molar refractivity (Wildman–Crippen MR) is 153 cm³/mol. The van der Waals surface area contributed by atoms with Gasteiger partial charge in [-0.3, -0.25) is 15.1 Å². The molecule has 1 atom stereocenters. The Morgan fingerprint density at radius 2 is 2.08 bits per heavy atom. The molecule has 2 aromatic carbocycles. The number of nitrogens with two attached hydrogens (primary N) is 1. The van der Waals surface area contributed by atoms with E-state index in [1.165, 1.54) is 12.3 Å². The van der Waals surface area contributed by atoms with Gasteiger partial charge in [-0.25, -0.2) is 9.38 Å². The number of oxazole rings is 1. The number of guanidine groups is 1. The van der Waals surface area contributed by atoms with Crippen LogP contribution in [0.25, 0.3) is 11.1 Å². The van der Waals surface area contributed by atoms with E-state index in [9.17, 15) is 9.18 Å². The van der Waals surface area contributed by atoms with Crippen LogP contribution in [0.2, 0.25) is 5.02 Å². The minimum atomic E-state index is -0.732. The Labute approximate surface area is 231 Å². The zero-order chi connectivity index (χ0) is 28.1. The van der Waals surface area contributed by atoms with Crippen molar-refractivity contribution in [3.8, 4) is 0 Å². The van der Waals surface area contributed by atoms with Gasteiger partial charge >= 0.3 is 6.01 Å². The van der Waals surface area contributed by atoms with Gasteiger partial charge in [-0.15, -0.1) is 0 Å². The molecule has 4 rings (SSSR count). The van der Waals surface area contributed by atoms with Crippen LogP contribution in [0.1, 0.15) is 43.5 Å². The molecule has 0 saturated heterocycles. The van der Waals surface area contributed by atoms with E-state index in [2.05, 4.69) is 25.9 Å². The average Bonchev–Trinajstić information content (AvgIpc) is 3.30. The van der Waals surface area contributed by atoms with Gasteiger partial charge in [-0.1, -0.05) is 30.7 Å². The molecule has 2 heterocycles. The van der Waals surface area contributed by atoms with Gasteiger partial charge in [0.25, 0.3) is 5.91 Å². The second kappa shape index (κ2) is 12.1. The fourth-order valence-corrected chi connectivity index (χ4v) is 4.59. The Bertz CT molecular complexity index is 1520. The van der Waals surface area contributed by atoms with Crippen LogP contribution in [0.3, 0.4) is 0 Å². The molecule has 1 amide bonds. The van der Waals surface area contributed by atoms with E-state index in [1.54, 1.807) is 19.2 Å². The van der Waals surface area contributed by atoms with Gasteiger partial charge in [0.1, 0.15) is 17.4 Å². The summed E-state index contributed by atoms with van der Waals surface area (Å²) in [4.78, 5) is 26.8. The highest BCUT2D eigenvalue weighted by Crippen LogP contribution is 2.35. The number of halogens is 2. The van der Waals surface area contributed by atoms with Crippen molar-refractivity contribution in [2.45, 2.75) is 40.2 Å². The van der Waals surface area contributed by atoms with Crippen LogP contribution < -0.4 is 21.7 Å². The Morgan fingerprint density at radius 3 is 2.77 bits per heavy atom. The topological polar surface area (TPSA) is 130 Å². The Morgan fingerprint density at radius 1 is 1.28 bits per heavy atom. The van der Waals surface area contributed by atoms with Crippen molar-refractivity contribution in [1.82, 2.24) is 15.6 Å². The van der Waals surface area contributed by atoms with E-state index >= 15 is 0 Å². The molecule has 1 aliphatic rings. The lowest BCUT2D eigenvalue weighted by Gasteiger charge is -2.27.